The monoisotopic (exact) mass is 426 g/mol. The first-order chi connectivity index (χ1) is 14.5. The lowest BCUT2D eigenvalue weighted by molar-refractivity contribution is -0.133. The van der Waals surface area contributed by atoms with E-state index in [1.807, 2.05) is 34.7 Å². The van der Waals surface area contributed by atoms with Gasteiger partial charge in [0.05, 0.1) is 23.1 Å². The van der Waals surface area contributed by atoms with Gasteiger partial charge in [0.25, 0.3) is 5.91 Å². The molecule has 0 bridgehead atoms. The van der Waals surface area contributed by atoms with E-state index in [9.17, 15) is 9.59 Å². The van der Waals surface area contributed by atoms with E-state index in [4.69, 9.17) is 11.6 Å². The second-order valence-corrected chi connectivity index (χ2v) is 9.32. The molecule has 6 nitrogen and oxygen atoms in total. The fraction of sp³-hybridized carbons (Fsp3) is 0.522. The van der Waals surface area contributed by atoms with Crippen molar-refractivity contribution in [3.05, 3.63) is 46.2 Å². The number of rotatable bonds is 5. The van der Waals surface area contributed by atoms with Gasteiger partial charge in [-0.15, -0.1) is 0 Å². The summed E-state index contributed by atoms with van der Waals surface area (Å²) in [5.74, 6) is 0.867. The molecule has 1 saturated heterocycles. The van der Waals surface area contributed by atoms with Gasteiger partial charge < -0.3 is 10.2 Å². The largest absolute Gasteiger partial charge is 0.349 e. The van der Waals surface area contributed by atoms with Crippen LogP contribution in [0.15, 0.2) is 24.4 Å². The number of carbonyl (C=O) groups excluding carboxylic acids is 2. The quantitative estimate of drug-likeness (QED) is 0.789. The van der Waals surface area contributed by atoms with E-state index < -0.39 is 0 Å². The van der Waals surface area contributed by atoms with Gasteiger partial charge in [-0.25, -0.2) is 4.68 Å². The zero-order chi connectivity index (χ0) is 20.8. The molecule has 1 N–H and O–H groups in total. The molecule has 30 heavy (non-hydrogen) atoms. The highest BCUT2D eigenvalue weighted by atomic mass is 35.5. The first kappa shape index (κ1) is 19.6. The van der Waals surface area contributed by atoms with E-state index in [-0.39, 0.29) is 17.9 Å². The van der Waals surface area contributed by atoms with Crippen LogP contribution in [0.1, 0.15) is 66.1 Å². The van der Waals surface area contributed by atoms with E-state index in [1.165, 1.54) is 0 Å². The number of nitrogens with one attached hydrogen (secondary N) is 1. The van der Waals surface area contributed by atoms with Crippen molar-refractivity contribution in [1.29, 1.82) is 0 Å². The summed E-state index contributed by atoms with van der Waals surface area (Å²) in [6, 6.07) is 5.98. The Hall–Kier alpha value is -2.34. The van der Waals surface area contributed by atoms with Gasteiger partial charge in [0.1, 0.15) is 0 Å². The van der Waals surface area contributed by atoms with E-state index >= 15 is 0 Å². The summed E-state index contributed by atoms with van der Waals surface area (Å²) in [6.07, 6.45) is 7.53. The first-order valence-corrected chi connectivity index (χ1v) is 11.3. The Balaban J connectivity index is 1.29. The Morgan fingerprint density at radius 3 is 2.47 bits per heavy atom. The van der Waals surface area contributed by atoms with Gasteiger partial charge in [-0.05, 0) is 63.1 Å². The molecule has 0 unspecified atom stereocenters. The molecule has 3 fully saturated rings. The van der Waals surface area contributed by atoms with Crippen LogP contribution in [0, 0.1) is 12.8 Å². The van der Waals surface area contributed by atoms with E-state index in [0.717, 1.165) is 68.6 Å². The van der Waals surface area contributed by atoms with Crippen molar-refractivity contribution in [3.63, 3.8) is 0 Å². The number of halogens is 1. The number of piperidine rings is 1. The topological polar surface area (TPSA) is 67.2 Å². The van der Waals surface area contributed by atoms with Crippen LogP contribution in [0.25, 0.3) is 5.69 Å². The van der Waals surface area contributed by atoms with Crippen LogP contribution < -0.4 is 5.32 Å². The minimum Gasteiger partial charge on any atom is -0.349 e. The van der Waals surface area contributed by atoms with Crippen molar-refractivity contribution >= 4 is 23.4 Å². The summed E-state index contributed by atoms with van der Waals surface area (Å²) < 4.78 is 1.87. The van der Waals surface area contributed by atoms with Crippen LogP contribution in [0.3, 0.4) is 0 Å². The third kappa shape index (κ3) is 3.85. The fourth-order valence-electron chi connectivity index (χ4n) is 4.30. The average molecular weight is 427 g/mol. The number of likely N-dealkylation sites (tertiary alicyclic amines) is 1. The molecule has 1 aromatic heterocycles. The number of hydrogen-bond acceptors (Lipinski definition) is 3. The molecule has 158 valence electrons. The second-order valence-electron chi connectivity index (χ2n) is 8.91. The summed E-state index contributed by atoms with van der Waals surface area (Å²) in [7, 11) is 0. The van der Waals surface area contributed by atoms with Crippen molar-refractivity contribution in [2.75, 3.05) is 13.1 Å². The van der Waals surface area contributed by atoms with Gasteiger partial charge >= 0.3 is 0 Å². The van der Waals surface area contributed by atoms with Gasteiger partial charge in [-0.2, -0.15) is 5.10 Å². The van der Waals surface area contributed by atoms with Gasteiger partial charge in [-0.1, -0.05) is 17.7 Å². The number of nitrogens with zero attached hydrogens (tertiary/aromatic N) is 3. The second kappa shape index (κ2) is 7.73. The molecule has 1 aromatic carbocycles. The van der Waals surface area contributed by atoms with Gasteiger partial charge in [0, 0.05) is 36.0 Å². The molecule has 0 spiro atoms. The Morgan fingerprint density at radius 2 is 1.83 bits per heavy atom. The van der Waals surface area contributed by atoms with Crippen molar-refractivity contribution in [2.45, 2.75) is 57.4 Å². The molecule has 1 aliphatic heterocycles. The van der Waals surface area contributed by atoms with Crippen LogP contribution >= 0.6 is 11.6 Å². The predicted molar refractivity (Wildman–Crippen MR) is 115 cm³/mol. The summed E-state index contributed by atoms with van der Waals surface area (Å²) in [5, 5.41) is 8.43. The molecule has 2 aromatic rings. The summed E-state index contributed by atoms with van der Waals surface area (Å²) in [5.41, 5.74) is 3.54. The molecule has 3 aliphatic rings. The molecule has 0 radical (unpaired) electrons. The maximum absolute atomic E-state index is 13.1. The zero-order valence-electron chi connectivity index (χ0n) is 17.2. The summed E-state index contributed by atoms with van der Waals surface area (Å²) in [6.45, 7) is 3.44. The molecular weight excluding hydrogens is 400 g/mol. The molecular formula is C23H27ClN4O2. The van der Waals surface area contributed by atoms with Crippen molar-refractivity contribution in [3.8, 4) is 5.69 Å². The maximum Gasteiger partial charge on any atom is 0.255 e. The molecule has 2 aliphatic carbocycles. The maximum atomic E-state index is 13.1. The molecule has 7 heteroatoms. The van der Waals surface area contributed by atoms with E-state index in [0.29, 0.717) is 22.4 Å². The Kier molecular flexibility index (Phi) is 5.05. The van der Waals surface area contributed by atoms with Crippen LogP contribution in [-0.2, 0) is 4.79 Å². The average Bonchev–Trinajstić information content (AvgIpc) is 3.68. The van der Waals surface area contributed by atoms with Crippen LogP contribution in [-0.4, -0.2) is 45.6 Å². The van der Waals surface area contributed by atoms with E-state index in [2.05, 4.69) is 10.4 Å². The minimum atomic E-state index is -0.0617. The first-order valence-electron chi connectivity index (χ1n) is 11.0. The smallest absolute Gasteiger partial charge is 0.255 e. The van der Waals surface area contributed by atoms with Gasteiger partial charge in [0.2, 0.25) is 5.91 Å². The number of carbonyl (C=O) groups is 2. The Morgan fingerprint density at radius 1 is 1.10 bits per heavy atom. The van der Waals surface area contributed by atoms with Crippen LogP contribution in [0.2, 0.25) is 5.02 Å². The molecule has 5 rings (SSSR count). The highest BCUT2D eigenvalue weighted by Crippen LogP contribution is 2.42. The predicted octanol–water partition coefficient (Wildman–Crippen LogP) is 3.84. The standard InChI is InChI=1S/C23H27ClN4O2/c1-14-2-7-18(12-20(14)24)28-21(15-3-4-15)19(13-25-28)22(29)26-17-8-10-27(11-9-17)23(30)16-5-6-16/h2,7,12-13,15-17H,3-6,8-11H2,1H3,(H,26,29). The lowest BCUT2D eigenvalue weighted by Crippen LogP contribution is -2.47. The Bertz CT molecular complexity index is 985. The molecule has 2 saturated carbocycles. The number of aryl methyl sites for hydroxylation is 1. The third-order valence-corrected chi connectivity index (χ3v) is 6.89. The van der Waals surface area contributed by atoms with Crippen molar-refractivity contribution in [1.82, 2.24) is 20.0 Å². The highest BCUT2D eigenvalue weighted by molar-refractivity contribution is 6.31. The van der Waals surface area contributed by atoms with Crippen LogP contribution in [0.5, 0.6) is 0 Å². The lowest BCUT2D eigenvalue weighted by atomic mass is 10.0. The molecule has 0 atom stereocenters. The molecule has 2 heterocycles. The lowest BCUT2D eigenvalue weighted by Gasteiger charge is -2.32. The number of benzene rings is 1. The minimum absolute atomic E-state index is 0.0617. The SMILES string of the molecule is Cc1ccc(-n2ncc(C(=O)NC3CCN(C(=O)C4CC4)CC3)c2C2CC2)cc1Cl. The van der Waals surface area contributed by atoms with Crippen LogP contribution in [0.4, 0.5) is 0 Å². The van der Waals surface area contributed by atoms with Gasteiger partial charge in [-0.3, -0.25) is 9.59 Å². The number of amides is 2. The Labute approximate surface area is 181 Å². The van der Waals surface area contributed by atoms with Crippen molar-refractivity contribution < 1.29 is 9.59 Å². The normalized spacial score (nSPS) is 19.7. The van der Waals surface area contributed by atoms with Gasteiger partial charge in [0.15, 0.2) is 0 Å². The summed E-state index contributed by atoms with van der Waals surface area (Å²) >= 11 is 6.32. The van der Waals surface area contributed by atoms with E-state index in [1.54, 1.807) is 6.20 Å². The highest BCUT2D eigenvalue weighted by Gasteiger charge is 2.36. The third-order valence-electron chi connectivity index (χ3n) is 6.48. The number of aromatic nitrogens is 2. The number of hydrogen-bond donors (Lipinski definition) is 1. The fourth-order valence-corrected chi connectivity index (χ4v) is 4.47. The zero-order valence-corrected chi connectivity index (χ0v) is 18.0. The molecule has 2 amide bonds. The van der Waals surface area contributed by atoms with Crippen molar-refractivity contribution in [2.24, 2.45) is 5.92 Å². The summed E-state index contributed by atoms with van der Waals surface area (Å²) in [4.78, 5) is 27.3.